The molecule has 16 heavy (non-hydrogen) atoms. The molecule has 0 spiro atoms. The van der Waals surface area contributed by atoms with Crippen molar-refractivity contribution in [3.8, 4) is 0 Å². The topological polar surface area (TPSA) is 80.4 Å². The van der Waals surface area contributed by atoms with Crippen molar-refractivity contribution in [2.45, 2.75) is 13.3 Å². The molecule has 0 aliphatic heterocycles. The monoisotopic (exact) mass is 219 g/mol. The molecule has 0 saturated carbocycles. The van der Waals surface area contributed by atoms with Gasteiger partial charge in [-0.3, -0.25) is 10.1 Å². The summed E-state index contributed by atoms with van der Waals surface area (Å²) in [5, 5.41) is 19.5. The van der Waals surface area contributed by atoms with Gasteiger partial charge in [0.2, 0.25) is 0 Å². The lowest BCUT2D eigenvalue weighted by Gasteiger charge is -2.01. The van der Waals surface area contributed by atoms with Crippen LogP contribution in [0.2, 0.25) is 0 Å². The fourth-order valence-electron chi connectivity index (χ4n) is 1.83. The van der Waals surface area contributed by atoms with E-state index in [-0.39, 0.29) is 17.7 Å². The Morgan fingerprint density at radius 3 is 2.75 bits per heavy atom. The molecule has 0 radical (unpaired) electrons. The molecule has 0 fully saturated rings. The van der Waals surface area contributed by atoms with Crippen LogP contribution in [0.5, 0.6) is 0 Å². The summed E-state index contributed by atoms with van der Waals surface area (Å²) in [4.78, 5) is 21.0. The third kappa shape index (κ3) is 1.56. The van der Waals surface area contributed by atoms with Gasteiger partial charge in [0, 0.05) is 23.6 Å². The fraction of sp³-hybridized carbons (Fsp3) is 0.182. The van der Waals surface area contributed by atoms with Crippen molar-refractivity contribution in [2.75, 3.05) is 0 Å². The minimum Gasteiger partial charge on any atom is -0.478 e. The first-order chi connectivity index (χ1) is 7.49. The lowest BCUT2D eigenvalue weighted by atomic mass is 10.0. The SMILES string of the molecule is Cc1cc2c(cc1[N+](=O)[O-])CC(C(=O)O)=C2. The summed E-state index contributed by atoms with van der Waals surface area (Å²) >= 11 is 0. The van der Waals surface area contributed by atoms with Crippen LogP contribution in [0, 0.1) is 17.0 Å². The van der Waals surface area contributed by atoms with Crippen molar-refractivity contribution in [3.63, 3.8) is 0 Å². The van der Waals surface area contributed by atoms with Gasteiger partial charge in [-0.25, -0.2) is 4.79 Å². The zero-order chi connectivity index (χ0) is 11.9. The molecule has 0 unspecified atom stereocenters. The molecule has 2 rings (SSSR count). The van der Waals surface area contributed by atoms with Gasteiger partial charge < -0.3 is 5.11 Å². The van der Waals surface area contributed by atoms with Crippen LogP contribution in [-0.2, 0) is 11.2 Å². The Labute approximate surface area is 91.2 Å². The summed E-state index contributed by atoms with van der Waals surface area (Å²) in [6.07, 6.45) is 1.82. The number of nitro benzene ring substituents is 1. The third-order valence-electron chi connectivity index (χ3n) is 2.64. The van der Waals surface area contributed by atoms with E-state index in [1.165, 1.54) is 6.07 Å². The second-order valence-corrected chi connectivity index (χ2v) is 3.75. The van der Waals surface area contributed by atoms with Crippen LogP contribution in [-0.4, -0.2) is 16.0 Å². The average Bonchev–Trinajstić information content (AvgIpc) is 2.58. The van der Waals surface area contributed by atoms with E-state index in [1.54, 1.807) is 19.1 Å². The first-order valence-electron chi connectivity index (χ1n) is 4.71. The highest BCUT2D eigenvalue weighted by Crippen LogP contribution is 2.31. The number of hydrogen-bond donors (Lipinski definition) is 1. The summed E-state index contributed by atoms with van der Waals surface area (Å²) in [7, 11) is 0. The maximum Gasteiger partial charge on any atom is 0.331 e. The van der Waals surface area contributed by atoms with Crippen molar-refractivity contribution >= 4 is 17.7 Å². The van der Waals surface area contributed by atoms with Crippen molar-refractivity contribution in [1.82, 2.24) is 0 Å². The van der Waals surface area contributed by atoms with Crippen molar-refractivity contribution < 1.29 is 14.8 Å². The third-order valence-corrected chi connectivity index (χ3v) is 2.64. The Kier molecular flexibility index (Phi) is 2.23. The fourth-order valence-corrected chi connectivity index (χ4v) is 1.83. The summed E-state index contributed by atoms with van der Waals surface area (Å²) in [6, 6.07) is 3.11. The van der Waals surface area contributed by atoms with Crippen LogP contribution < -0.4 is 0 Å². The van der Waals surface area contributed by atoms with Gasteiger partial charge in [0.25, 0.3) is 5.69 Å². The molecule has 1 aromatic carbocycles. The molecule has 1 aliphatic rings. The van der Waals surface area contributed by atoms with Gasteiger partial charge in [0.15, 0.2) is 0 Å². The summed E-state index contributed by atoms with van der Waals surface area (Å²) in [5.74, 6) is -0.975. The van der Waals surface area contributed by atoms with Gasteiger partial charge in [-0.1, -0.05) is 0 Å². The van der Waals surface area contributed by atoms with Crippen molar-refractivity contribution in [1.29, 1.82) is 0 Å². The molecule has 0 atom stereocenters. The van der Waals surface area contributed by atoms with Crippen LogP contribution in [0.25, 0.3) is 6.08 Å². The number of carboxylic acids is 1. The highest BCUT2D eigenvalue weighted by atomic mass is 16.6. The highest BCUT2D eigenvalue weighted by Gasteiger charge is 2.22. The van der Waals surface area contributed by atoms with Gasteiger partial charge in [-0.05, 0) is 30.2 Å². The normalized spacial score (nSPS) is 13.2. The highest BCUT2D eigenvalue weighted by molar-refractivity contribution is 5.95. The largest absolute Gasteiger partial charge is 0.478 e. The van der Waals surface area contributed by atoms with Gasteiger partial charge >= 0.3 is 5.97 Å². The minimum absolute atomic E-state index is 0.0405. The maximum atomic E-state index is 10.8. The molecule has 0 amide bonds. The van der Waals surface area contributed by atoms with Gasteiger partial charge in [-0.2, -0.15) is 0 Å². The lowest BCUT2D eigenvalue weighted by Crippen LogP contribution is -1.99. The Morgan fingerprint density at radius 1 is 1.50 bits per heavy atom. The average molecular weight is 219 g/mol. The summed E-state index contributed by atoms with van der Waals surface area (Å²) in [6.45, 7) is 1.64. The van der Waals surface area contributed by atoms with E-state index >= 15 is 0 Å². The van der Waals surface area contributed by atoms with Crippen LogP contribution >= 0.6 is 0 Å². The molecular weight excluding hydrogens is 210 g/mol. The lowest BCUT2D eigenvalue weighted by molar-refractivity contribution is -0.385. The molecule has 0 heterocycles. The molecule has 0 saturated heterocycles. The number of benzene rings is 1. The number of nitrogens with zero attached hydrogens (tertiary/aromatic N) is 1. The van der Waals surface area contributed by atoms with Gasteiger partial charge in [0.1, 0.15) is 0 Å². The van der Waals surface area contributed by atoms with Crippen LogP contribution in [0.15, 0.2) is 17.7 Å². The summed E-state index contributed by atoms with van der Waals surface area (Å²) < 4.78 is 0. The number of nitro groups is 1. The summed E-state index contributed by atoms with van der Waals surface area (Å²) in [5.41, 5.74) is 2.33. The number of aliphatic carboxylic acids is 1. The quantitative estimate of drug-likeness (QED) is 0.608. The Morgan fingerprint density at radius 2 is 2.19 bits per heavy atom. The van der Waals surface area contributed by atoms with Gasteiger partial charge in [-0.15, -0.1) is 0 Å². The predicted molar refractivity (Wildman–Crippen MR) is 57.2 cm³/mol. The number of aryl methyl sites for hydroxylation is 1. The van der Waals surface area contributed by atoms with E-state index in [9.17, 15) is 14.9 Å². The van der Waals surface area contributed by atoms with E-state index in [4.69, 9.17) is 5.11 Å². The molecule has 0 aromatic heterocycles. The second-order valence-electron chi connectivity index (χ2n) is 3.75. The number of carbonyl (C=O) groups is 1. The van der Waals surface area contributed by atoms with E-state index < -0.39 is 10.9 Å². The predicted octanol–water partition coefficient (Wildman–Crippen LogP) is 1.93. The zero-order valence-electron chi connectivity index (χ0n) is 8.56. The van der Waals surface area contributed by atoms with E-state index in [2.05, 4.69) is 0 Å². The first kappa shape index (κ1) is 10.4. The molecule has 0 bridgehead atoms. The maximum absolute atomic E-state index is 10.8. The first-order valence-corrected chi connectivity index (χ1v) is 4.71. The molecule has 1 aliphatic carbocycles. The number of fused-ring (bicyclic) bond motifs is 1. The number of carboxylic acid groups (broad SMARTS) is 1. The van der Waals surface area contributed by atoms with E-state index in [1.807, 2.05) is 0 Å². The zero-order valence-corrected chi connectivity index (χ0v) is 8.56. The van der Waals surface area contributed by atoms with Gasteiger partial charge in [0.05, 0.1) is 4.92 Å². The van der Waals surface area contributed by atoms with E-state index in [0.717, 1.165) is 5.56 Å². The number of hydrogen-bond acceptors (Lipinski definition) is 3. The Balaban J connectivity index is 2.48. The molecule has 5 nitrogen and oxygen atoms in total. The Bertz CT molecular complexity index is 531. The molecular formula is C11H9NO4. The second kappa shape index (κ2) is 3.44. The standard InChI is InChI=1S/C11H9NO4/c1-6-2-7-3-9(11(13)14)4-8(7)5-10(6)12(15)16/h2-3,5H,4H2,1H3,(H,13,14). The van der Waals surface area contributed by atoms with Crippen LogP contribution in [0.4, 0.5) is 5.69 Å². The number of rotatable bonds is 2. The molecule has 82 valence electrons. The van der Waals surface area contributed by atoms with Crippen molar-refractivity contribution in [2.24, 2.45) is 0 Å². The van der Waals surface area contributed by atoms with Crippen LogP contribution in [0.1, 0.15) is 16.7 Å². The van der Waals surface area contributed by atoms with Crippen LogP contribution in [0.3, 0.4) is 0 Å². The van der Waals surface area contributed by atoms with E-state index in [0.29, 0.717) is 11.1 Å². The molecule has 5 heteroatoms. The molecule has 1 aromatic rings. The Hall–Kier alpha value is -2.17. The van der Waals surface area contributed by atoms with Crippen molar-refractivity contribution in [3.05, 3.63) is 44.5 Å². The minimum atomic E-state index is -0.975. The smallest absolute Gasteiger partial charge is 0.331 e. The molecule has 1 N–H and O–H groups in total.